The molecule has 1 aromatic heterocycles. The average Bonchev–Trinajstić information content (AvgIpc) is 3.28. The summed E-state index contributed by atoms with van der Waals surface area (Å²) in [6.07, 6.45) is 1.64. The van der Waals surface area contributed by atoms with Gasteiger partial charge in [0.15, 0.2) is 4.32 Å². The van der Waals surface area contributed by atoms with Crippen LogP contribution in [0.2, 0.25) is 0 Å². The van der Waals surface area contributed by atoms with E-state index in [1.165, 1.54) is 28.8 Å². The Morgan fingerprint density at radius 2 is 1.93 bits per heavy atom. The maximum atomic E-state index is 13.0. The molecular weight excluding hydrogens is 420 g/mol. The Morgan fingerprint density at radius 3 is 2.67 bits per heavy atom. The van der Waals surface area contributed by atoms with Gasteiger partial charge in [0, 0.05) is 23.8 Å². The Labute approximate surface area is 182 Å². The van der Waals surface area contributed by atoms with E-state index in [2.05, 4.69) is 0 Å². The van der Waals surface area contributed by atoms with E-state index in [1.54, 1.807) is 30.3 Å². The summed E-state index contributed by atoms with van der Waals surface area (Å²) < 4.78 is 6.27. The SMILES string of the molecule is Cc1ccc(N2C(=O)/C(=C\c3ccc(-c4cccc([N+](=O)[O-])c4)o3)SC2=S)c(C)c1. The number of benzene rings is 2. The summed E-state index contributed by atoms with van der Waals surface area (Å²) in [5.41, 5.74) is 3.43. The summed E-state index contributed by atoms with van der Waals surface area (Å²) in [6, 6.07) is 15.5. The van der Waals surface area contributed by atoms with Gasteiger partial charge in [0.05, 0.1) is 15.5 Å². The van der Waals surface area contributed by atoms with E-state index >= 15 is 0 Å². The van der Waals surface area contributed by atoms with E-state index in [9.17, 15) is 14.9 Å². The Balaban J connectivity index is 1.62. The van der Waals surface area contributed by atoms with Crippen molar-refractivity contribution in [2.45, 2.75) is 13.8 Å². The quantitative estimate of drug-likeness (QED) is 0.220. The highest BCUT2D eigenvalue weighted by Gasteiger charge is 2.34. The zero-order valence-electron chi connectivity index (χ0n) is 16.1. The highest BCUT2D eigenvalue weighted by molar-refractivity contribution is 8.27. The van der Waals surface area contributed by atoms with Crippen molar-refractivity contribution in [1.29, 1.82) is 0 Å². The van der Waals surface area contributed by atoms with Gasteiger partial charge in [0.2, 0.25) is 0 Å². The molecule has 0 atom stereocenters. The van der Waals surface area contributed by atoms with E-state index in [1.807, 2.05) is 32.0 Å². The Bertz CT molecular complexity index is 1230. The third kappa shape index (κ3) is 3.79. The smallest absolute Gasteiger partial charge is 0.270 e. The van der Waals surface area contributed by atoms with Crippen molar-refractivity contribution in [3.05, 3.63) is 86.5 Å². The number of thiocarbonyl (C=S) groups is 1. The van der Waals surface area contributed by atoms with Crippen molar-refractivity contribution < 1.29 is 14.1 Å². The number of furan rings is 1. The van der Waals surface area contributed by atoms with Gasteiger partial charge in [0.1, 0.15) is 11.5 Å². The molecule has 0 radical (unpaired) electrons. The number of carbonyl (C=O) groups is 1. The molecule has 2 aromatic carbocycles. The molecule has 0 bridgehead atoms. The zero-order valence-corrected chi connectivity index (χ0v) is 17.8. The molecule has 0 aliphatic carbocycles. The Kier molecular flexibility index (Phi) is 5.27. The third-order valence-corrected chi connectivity index (χ3v) is 5.93. The molecule has 8 heteroatoms. The molecule has 3 aromatic rings. The fraction of sp³-hybridized carbons (Fsp3) is 0.0909. The molecule has 0 unspecified atom stereocenters. The monoisotopic (exact) mass is 436 g/mol. The zero-order chi connectivity index (χ0) is 21.4. The summed E-state index contributed by atoms with van der Waals surface area (Å²) in [5.74, 6) is 0.748. The van der Waals surface area contributed by atoms with E-state index in [0.29, 0.717) is 26.3 Å². The van der Waals surface area contributed by atoms with Crippen LogP contribution in [0.5, 0.6) is 0 Å². The van der Waals surface area contributed by atoms with Gasteiger partial charge >= 0.3 is 0 Å². The first-order valence-electron chi connectivity index (χ1n) is 9.03. The van der Waals surface area contributed by atoms with Gasteiger partial charge in [-0.2, -0.15) is 0 Å². The molecule has 1 aliphatic rings. The molecular formula is C22H16N2O4S2. The van der Waals surface area contributed by atoms with Crippen LogP contribution < -0.4 is 4.90 Å². The number of hydrogen-bond donors (Lipinski definition) is 0. The lowest BCUT2D eigenvalue weighted by atomic mass is 10.1. The number of non-ortho nitro benzene ring substituents is 1. The number of nitrogens with zero attached hydrogens (tertiary/aromatic N) is 2. The molecule has 1 amide bonds. The van der Waals surface area contributed by atoms with Crippen LogP contribution in [0.1, 0.15) is 16.9 Å². The number of carbonyl (C=O) groups excluding carboxylic acids is 1. The minimum atomic E-state index is -0.453. The van der Waals surface area contributed by atoms with E-state index in [0.717, 1.165) is 16.8 Å². The topological polar surface area (TPSA) is 76.6 Å². The second kappa shape index (κ2) is 7.89. The molecule has 1 aliphatic heterocycles. The fourth-order valence-electron chi connectivity index (χ4n) is 3.22. The fourth-order valence-corrected chi connectivity index (χ4v) is 4.48. The van der Waals surface area contributed by atoms with Crippen molar-refractivity contribution in [2.24, 2.45) is 0 Å². The number of thioether (sulfide) groups is 1. The van der Waals surface area contributed by atoms with Crippen molar-refractivity contribution in [3.8, 4) is 11.3 Å². The minimum absolute atomic E-state index is 0.0141. The van der Waals surface area contributed by atoms with Crippen LogP contribution in [-0.2, 0) is 4.79 Å². The number of nitro groups is 1. The predicted octanol–water partition coefficient (Wildman–Crippen LogP) is 5.88. The lowest BCUT2D eigenvalue weighted by molar-refractivity contribution is -0.384. The molecule has 1 fully saturated rings. The summed E-state index contributed by atoms with van der Waals surface area (Å²) >= 11 is 6.65. The number of nitro benzene ring substituents is 1. The van der Waals surface area contributed by atoms with Gasteiger partial charge in [-0.15, -0.1) is 0 Å². The lowest BCUT2D eigenvalue weighted by Crippen LogP contribution is -2.28. The number of rotatable bonds is 4. The van der Waals surface area contributed by atoms with Gasteiger partial charge in [-0.1, -0.05) is 53.8 Å². The first-order valence-corrected chi connectivity index (χ1v) is 10.3. The van der Waals surface area contributed by atoms with Gasteiger partial charge in [0.25, 0.3) is 11.6 Å². The number of hydrogen-bond acceptors (Lipinski definition) is 6. The van der Waals surface area contributed by atoms with Crippen molar-refractivity contribution in [1.82, 2.24) is 0 Å². The Hall–Kier alpha value is -3.23. The van der Waals surface area contributed by atoms with E-state index < -0.39 is 4.92 Å². The van der Waals surface area contributed by atoms with Gasteiger partial charge in [-0.25, -0.2) is 0 Å². The molecule has 0 saturated carbocycles. The number of anilines is 1. The maximum absolute atomic E-state index is 13.0. The lowest BCUT2D eigenvalue weighted by Gasteiger charge is -2.17. The molecule has 150 valence electrons. The van der Waals surface area contributed by atoms with E-state index in [4.69, 9.17) is 16.6 Å². The predicted molar refractivity (Wildman–Crippen MR) is 122 cm³/mol. The normalized spacial score (nSPS) is 15.3. The second-order valence-electron chi connectivity index (χ2n) is 6.82. The minimum Gasteiger partial charge on any atom is -0.457 e. The van der Waals surface area contributed by atoms with Gasteiger partial charge < -0.3 is 4.42 Å². The van der Waals surface area contributed by atoms with Crippen LogP contribution in [0.3, 0.4) is 0 Å². The summed E-state index contributed by atoms with van der Waals surface area (Å²) in [4.78, 5) is 25.5. The van der Waals surface area contributed by atoms with Gasteiger partial charge in [-0.05, 0) is 37.6 Å². The highest BCUT2D eigenvalue weighted by atomic mass is 32.2. The third-order valence-electron chi connectivity index (χ3n) is 4.63. The van der Waals surface area contributed by atoms with Gasteiger partial charge in [-0.3, -0.25) is 19.8 Å². The molecule has 4 rings (SSSR count). The summed E-state index contributed by atoms with van der Waals surface area (Å²) in [7, 11) is 0. The van der Waals surface area contributed by atoms with Crippen LogP contribution in [0.4, 0.5) is 11.4 Å². The Morgan fingerprint density at radius 1 is 1.13 bits per heavy atom. The summed E-state index contributed by atoms with van der Waals surface area (Å²) in [5, 5.41) is 11.0. The second-order valence-corrected chi connectivity index (χ2v) is 8.49. The molecule has 2 heterocycles. The van der Waals surface area contributed by atoms with Crippen molar-refractivity contribution in [2.75, 3.05) is 4.90 Å². The first kappa shape index (κ1) is 20.1. The summed E-state index contributed by atoms with van der Waals surface area (Å²) in [6.45, 7) is 3.94. The number of amides is 1. The van der Waals surface area contributed by atoms with Crippen molar-refractivity contribution in [3.63, 3.8) is 0 Å². The molecule has 0 spiro atoms. The molecule has 30 heavy (non-hydrogen) atoms. The standard InChI is InChI=1S/C22H16N2O4S2/c1-13-6-8-18(14(2)10-13)23-21(25)20(30-22(23)29)12-17-7-9-19(28-17)15-4-3-5-16(11-15)24(26)27/h3-12H,1-2H3/b20-12+. The van der Waals surface area contributed by atoms with Crippen molar-refractivity contribution >= 4 is 51.7 Å². The molecule has 6 nitrogen and oxygen atoms in total. The average molecular weight is 437 g/mol. The van der Waals surface area contributed by atoms with Crippen LogP contribution in [-0.4, -0.2) is 15.2 Å². The molecule has 0 N–H and O–H groups in total. The van der Waals surface area contributed by atoms with Crippen LogP contribution >= 0.6 is 24.0 Å². The first-order chi connectivity index (χ1) is 14.3. The van der Waals surface area contributed by atoms with Crippen LogP contribution in [0, 0.1) is 24.0 Å². The largest absolute Gasteiger partial charge is 0.457 e. The highest BCUT2D eigenvalue weighted by Crippen LogP contribution is 2.38. The van der Waals surface area contributed by atoms with E-state index in [-0.39, 0.29) is 11.6 Å². The molecule has 1 saturated heterocycles. The number of aryl methyl sites for hydroxylation is 2. The van der Waals surface area contributed by atoms with Crippen LogP contribution in [0.25, 0.3) is 17.4 Å². The van der Waals surface area contributed by atoms with Crippen LogP contribution in [0.15, 0.2) is 63.9 Å². The maximum Gasteiger partial charge on any atom is 0.270 e.